The summed E-state index contributed by atoms with van der Waals surface area (Å²) in [6.45, 7) is 6.00. The first-order valence-electron chi connectivity index (χ1n) is 7.81. The number of nitrogens with zero attached hydrogens (tertiary/aromatic N) is 1. The van der Waals surface area contributed by atoms with Crippen LogP contribution in [0.1, 0.15) is 36.8 Å². The molecule has 0 spiro atoms. The summed E-state index contributed by atoms with van der Waals surface area (Å²) in [5, 5.41) is 8.85. The minimum Gasteiger partial charge on any atom is -0.346 e. The van der Waals surface area contributed by atoms with E-state index >= 15 is 0 Å². The van der Waals surface area contributed by atoms with Crippen molar-refractivity contribution in [2.75, 3.05) is 5.32 Å². The Bertz CT molecular complexity index is 772. The zero-order valence-electron chi connectivity index (χ0n) is 14.4. The second-order valence-corrected chi connectivity index (χ2v) is 7.01. The van der Waals surface area contributed by atoms with Crippen molar-refractivity contribution in [3.63, 3.8) is 0 Å². The highest BCUT2D eigenvalue weighted by atomic mass is 35.5. The Kier molecular flexibility index (Phi) is 5.98. The third kappa shape index (κ3) is 6.43. The summed E-state index contributed by atoms with van der Waals surface area (Å²) >= 11 is 5.91. The van der Waals surface area contributed by atoms with Crippen molar-refractivity contribution >= 4 is 29.2 Å². The molecular formula is C18H21ClN4O2. The SMILES string of the molecule is CC(C)(C)NC(=O)c1cc(NC(=O)NCc2cccc(Cl)c2)ccn1. The maximum absolute atomic E-state index is 12.1. The van der Waals surface area contributed by atoms with Gasteiger partial charge in [-0.05, 0) is 50.6 Å². The molecule has 3 N–H and O–H groups in total. The first-order valence-corrected chi connectivity index (χ1v) is 8.18. The first kappa shape index (κ1) is 18.7. The van der Waals surface area contributed by atoms with Crippen LogP contribution in [0.25, 0.3) is 0 Å². The van der Waals surface area contributed by atoms with Gasteiger partial charge in [0.05, 0.1) is 0 Å². The summed E-state index contributed by atoms with van der Waals surface area (Å²) in [6.07, 6.45) is 1.48. The number of nitrogens with one attached hydrogen (secondary N) is 3. The molecule has 6 nitrogen and oxygen atoms in total. The van der Waals surface area contributed by atoms with Gasteiger partial charge in [-0.15, -0.1) is 0 Å². The quantitative estimate of drug-likeness (QED) is 0.779. The van der Waals surface area contributed by atoms with Gasteiger partial charge in [-0.3, -0.25) is 9.78 Å². The Hall–Kier alpha value is -2.60. The van der Waals surface area contributed by atoms with Crippen molar-refractivity contribution in [3.05, 3.63) is 58.9 Å². The molecule has 3 amide bonds. The van der Waals surface area contributed by atoms with Crippen molar-refractivity contribution in [1.82, 2.24) is 15.6 Å². The molecule has 25 heavy (non-hydrogen) atoms. The van der Waals surface area contributed by atoms with Crippen molar-refractivity contribution < 1.29 is 9.59 Å². The number of hydrogen-bond acceptors (Lipinski definition) is 3. The van der Waals surface area contributed by atoms with Crippen LogP contribution in [0.4, 0.5) is 10.5 Å². The van der Waals surface area contributed by atoms with Crippen LogP contribution >= 0.6 is 11.6 Å². The molecule has 0 saturated heterocycles. The zero-order valence-corrected chi connectivity index (χ0v) is 15.1. The molecule has 132 valence electrons. The second-order valence-electron chi connectivity index (χ2n) is 6.57. The van der Waals surface area contributed by atoms with Gasteiger partial charge < -0.3 is 16.0 Å². The van der Waals surface area contributed by atoms with Crippen LogP contribution < -0.4 is 16.0 Å². The third-order valence-electron chi connectivity index (χ3n) is 3.08. The summed E-state index contributed by atoms with van der Waals surface area (Å²) < 4.78 is 0. The highest BCUT2D eigenvalue weighted by Gasteiger charge is 2.16. The maximum atomic E-state index is 12.1. The highest BCUT2D eigenvalue weighted by molar-refractivity contribution is 6.30. The van der Waals surface area contributed by atoms with Gasteiger partial charge in [0.25, 0.3) is 5.91 Å². The van der Waals surface area contributed by atoms with Gasteiger partial charge in [0.2, 0.25) is 0 Å². The number of carbonyl (C=O) groups excluding carboxylic acids is 2. The molecule has 0 radical (unpaired) electrons. The molecule has 0 aliphatic heterocycles. The summed E-state index contributed by atoms with van der Waals surface area (Å²) in [5.41, 5.74) is 1.25. The number of anilines is 1. The molecule has 0 fully saturated rings. The fourth-order valence-electron chi connectivity index (χ4n) is 2.04. The fourth-order valence-corrected chi connectivity index (χ4v) is 2.25. The Morgan fingerprint density at radius 1 is 1.16 bits per heavy atom. The summed E-state index contributed by atoms with van der Waals surface area (Å²) in [5.74, 6) is -0.296. The summed E-state index contributed by atoms with van der Waals surface area (Å²) in [4.78, 5) is 28.2. The zero-order chi connectivity index (χ0) is 18.4. The molecule has 2 aromatic rings. The van der Waals surface area contributed by atoms with Crippen LogP contribution in [-0.4, -0.2) is 22.5 Å². The third-order valence-corrected chi connectivity index (χ3v) is 3.32. The molecule has 1 aromatic heterocycles. The lowest BCUT2D eigenvalue weighted by Crippen LogP contribution is -2.41. The number of aromatic nitrogens is 1. The molecular weight excluding hydrogens is 340 g/mol. The molecule has 1 heterocycles. The van der Waals surface area contributed by atoms with Crippen LogP contribution in [0.2, 0.25) is 5.02 Å². The van der Waals surface area contributed by atoms with Crippen molar-refractivity contribution in [1.29, 1.82) is 0 Å². The summed E-state index contributed by atoms with van der Waals surface area (Å²) in [6, 6.07) is 10.0. The number of pyridine rings is 1. The van der Waals surface area contributed by atoms with E-state index in [0.29, 0.717) is 17.3 Å². The van der Waals surface area contributed by atoms with E-state index in [9.17, 15) is 9.59 Å². The normalized spacial score (nSPS) is 10.9. The van der Waals surface area contributed by atoms with Gasteiger partial charge >= 0.3 is 6.03 Å². The average molecular weight is 361 g/mol. The van der Waals surface area contributed by atoms with Crippen LogP contribution in [0.15, 0.2) is 42.6 Å². The fraction of sp³-hybridized carbons (Fsp3) is 0.278. The molecule has 0 unspecified atom stereocenters. The lowest BCUT2D eigenvalue weighted by atomic mass is 10.1. The maximum Gasteiger partial charge on any atom is 0.319 e. The van der Waals surface area contributed by atoms with E-state index in [1.165, 1.54) is 12.3 Å². The largest absolute Gasteiger partial charge is 0.346 e. The minimum atomic E-state index is -0.381. The number of amides is 3. The molecule has 0 bridgehead atoms. The lowest BCUT2D eigenvalue weighted by molar-refractivity contribution is 0.0914. The van der Waals surface area contributed by atoms with E-state index in [4.69, 9.17) is 11.6 Å². The number of rotatable bonds is 4. The van der Waals surface area contributed by atoms with E-state index in [-0.39, 0.29) is 23.2 Å². The number of carbonyl (C=O) groups is 2. The monoisotopic (exact) mass is 360 g/mol. The van der Waals surface area contributed by atoms with E-state index in [2.05, 4.69) is 20.9 Å². The molecule has 0 saturated carbocycles. The van der Waals surface area contributed by atoms with Crippen molar-refractivity contribution in [3.8, 4) is 0 Å². The van der Waals surface area contributed by atoms with E-state index in [1.54, 1.807) is 18.2 Å². The summed E-state index contributed by atoms with van der Waals surface area (Å²) in [7, 11) is 0. The van der Waals surface area contributed by atoms with Crippen molar-refractivity contribution in [2.45, 2.75) is 32.9 Å². The second kappa shape index (κ2) is 7.98. The molecule has 2 rings (SSSR count). The molecule has 0 aliphatic rings. The topological polar surface area (TPSA) is 83.1 Å². The number of urea groups is 1. The van der Waals surface area contributed by atoms with E-state index < -0.39 is 0 Å². The van der Waals surface area contributed by atoms with Crippen LogP contribution in [-0.2, 0) is 6.54 Å². The number of halogens is 1. The van der Waals surface area contributed by atoms with Crippen LogP contribution in [0.5, 0.6) is 0 Å². The van der Waals surface area contributed by atoms with Gasteiger partial charge in [-0.25, -0.2) is 4.79 Å². The van der Waals surface area contributed by atoms with Crippen LogP contribution in [0.3, 0.4) is 0 Å². The lowest BCUT2D eigenvalue weighted by Gasteiger charge is -2.20. The predicted octanol–water partition coefficient (Wildman–Crippen LogP) is 3.59. The number of hydrogen-bond donors (Lipinski definition) is 3. The Labute approximate surface area is 152 Å². The smallest absolute Gasteiger partial charge is 0.319 e. The van der Waals surface area contributed by atoms with Gasteiger partial charge in [0.15, 0.2) is 0 Å². The highest BCUT2D eigenvalue weighted by Crippen LogP contribution is 2.11. The average Bonchev–Trinajstić information content (AvgIpc) is 2.52. The van der Waals surface area contributed by atoms with E-state index in [1.807, 2.05) is 32.9 Å². The van der Waals surface area contributed by atoms with Gasteiger partial charge in [0, 0.05) is 29.0 Å². The predicted molar refractivity (Wildman–Crippen MR) is 98.8 cm³/mol. The van der Waals surface area contributed by atoms with Crippen molar-refractivity contribution in [2.24, 2.45) is 0 Å². The Morgan fingerprint density at radius 3 is 2.60 bits per heavy atom. The van der Waals surface area contributed by atoms with Gasteiger partial charge in [-0.1, -0.05) is 23.7 Å². The molecule has 0 aliphatic carbocycles. The van der Waals surface area contributed by atoms with E-state index in [0.717, 1.165) is 5.56 Å². The molecule has 0 atom stereocenters. The molecule has 1 aromatic carbocycles. The standard InChI is InChI=1S/C18H21ClN4O2/c1-18(2,3)23-16(24)15-10-14(7-8-20-15)22-17(25)21-11-12-5-4-6-13(19)9-12/h4-10H,11H2,1-3H3,(H,23,24)(H2,20,21,22,25). The minimum absolute atomic E-state index is 0.238. The molecule has 7 heteroatoms. The number of benzene rings is 1. The first-order chi connectivity index (χ1) is 11.7. The Morgan fingerprint density at radius 2 is 1.92 bits per heavy atom. The van der Waals surface area contributed by atoms with Gasteiger partial charge in [-0.2, -0.15) is 0 Å². The van der Waals surface area contributed by atoms with Crippen LogP contribution in [0, 0.1) is 0 Å². The Balaban J connectivity index is 1.94. The van der Waals surface area contributed by atoms with Gasteiger partial charge in [0.1, 0.15) is 5.69 Å².